The Bertz CT molecular complexity index is 432. The lowest BCUT2D eigenvalue weighted by Gasteiger charge is -1.95. The third-order valence-electron chi connectivity index (χ3n) is 2.03. The van der Waals surface area contributed by atoms with Crippen molar-refractivity contribution in [3.05, 3.63) is 17.5 Å². The van der Waals surface area contributed by atoms with Gasteiger partial charge in [0.15, 0.2) is 11.6 Å². The molecule has 0 fully saturated rings. The minimum absolute atomic E-state index is 0.360. The molecule has 0 bridgehead atoms. The van der Waals surface area contributed by atoms with Gasteiger partial charge in [0.2, 0.25) is 5.78 Å². The molecule has 5 nitrogen and oxygen atoms in total. The summed E-state index contributed by atoms with van der Waals surface area (Å²) in [5, 5.41) is 3.98. The fraction of sp³-hybridized carbons (Fsp3) is 0.400. The summed E-state index contributed by atoms with van der Waals surface area (Å²) in [5.41, 5.74) is 0.964. The molecule has 0 N–H and O–H groups in total. The summed E-state index contributed by atoms with van der Waals surface area (Å²) in [6, 6.07) is 0. The van der Waals surface area contributed by atoms with Gasteiger partial charge in [-0.15, -0.1) is 0 Å². The summed E-state index contributed by atoms with van der Waals surface area (Å²) in [6.45, 7) is 2.84. The number of hydrogen-bond acceptors (Lipinski definition) is 4. The predicted octanol–water partition coefficient (Wildman–Crippen LogP) is 0.459. The monoisotopic (exact) mass is 208 g/mol. The van der Waals surface area contributed by atoms with Crippen molar-refractivity contribution in [2.75, 3.05) is 0 Å². The van der Waals surface area contributed by atoms with E-state index < -0.39 is 11.6 Å². The van der Waals surface area contributed by atoms with E-state index in [1.807, 2.05) is 0 Å². The van der Waals surface area contributed by atoms with Crippen LogP contribution >= 0.6 is 0 Å². The van der Waals surface area contributed by atoms with Crippen LogP contribution in [0.25, 0.3) is 0 Å². The highest BCUT2D eigenvalue weighted by Gasteiger charge is 2.18. The van der Waals surface area contributed by atoms with E-state index in [0.717, 1.165) is 6.92 Å². The third-order valence-corrected chi connectivity index (χ3v) is 2.03. The van der Waals surface area contributed by atoms with Crippen LogP contribution in [0.2, 0.25) is 0 Å². The van der Waals surface area contributed by atoms with Crippen LogP contribution in [-0.2, 0) is 16.6 Å². The number of carbonyl (C=O) groups is 3. The largest absolute Gasteiger partial charge is 0.294 e. The van der Waals surface area contributed by atoms with Crippen LogP contribution in [0.4, 0.5) is 0 Å². The van der Waals surface area contributed by atoms with Crippen LogP contribution in [0.5, 0.6) is 0 Å². The van der Waals surface area contributed by atoms with Crippen LogP contribution in [0, 0.1) is 6.92 Å². The standard InChI is InChI=1S/C10H12N2O3/c1-6-8(5-12(3)11-6)10(15)4-9(14)7(2)13/h5H,4H2,1-3H3. The normalized spacial score (nSPS) is 10.1. The van der Waals surface area contributed by atoms with E-state index in [2.05, 4.69) is 5.10 Å². The van der Waals surface area contributed by atoms with Crippen molar-refractivity contribution in [2.24, 2.45) is 7.05 Å². The van der Waals surface area contributed by atoms with E-state index >= 15 is 0 Å². The van der Waals surface area contributed by atoms with Gasteiger partial charge in [0, 0.05) is 20.2 Å². The number of nitrogens with zero attached hydrogens (tertiary/aromatic N) is 2. The van der Waals surface area contributed by atoms with E-state index in [0.29, 0.717) is 11.3 Å². The van der Waals surface area contributed by atoms with Gasteiger partial charge in [0.05, 0.1) is 17.7 Å². The molecule has 0 spiro atoms. The zero-order valence-corrected chi connectivity index (χ0v) is 8.90. The Morgan fingerprint density at radius 2 is 2.00 bits per heavy atom. The Morgan fingerprint density at radius 1 is 1.40 bits per heavy atom. The Hall–Kier alpha value is -1.78. The first-order valence-corrected chi connectivity index (χ1v) is 4.49. The van der Waals surface area contributed by atoms with Crippen LogP contribution in [0.1, 0.15) is 29.4 Å². The molecular weight excluding hydrogens is 196 g/mol. The van der Waals surface area contributed by atoms with Crippen molar-refractivity contribution in [1.82, 2.24) is 9.78 Å². The minimum atomic E-state index is -0.664. The lowest BCUT2D eigenvalue weighted by atomic mass is 10.1. The number of aromatic nitrogens is 2. The van der Waals surface area contributed by atoms with Gasteiger partial charge in [0.1, 0.15) is 0 Å². The van der Waals surface area contributed by atoms with E-state index in [1.54, 1.807) is 20.2 Å². The Labute approximate surface area is 87.1 Å². The second-order valence-electron chi connectivity index (χ2n) is 3.38. The summed E-state index contributed by atoms with van der Waals surface area (Å²) in [4.78, 5) is 33.3. The quantitative estimate of drug-likeness (QED) is 0.409. The first-order valence-electron chi connectivity index (χ1n) is 4.49. The lowest BCUT2D eigenvalue weighted by molar-refractivity contribution is -0.134. The second kappa shape index (κ2) is 4.16. The van der Waals surface area contributed by atoms with Crippen molar-refractivity contribution in [2.45, 2.75) is 20.3 Å². The Kier molecular flexibility index (Phi) is 3.14. The van der Waals surface area contributed by atoms with Gasteiger partial charge >= 0.3 is 0 Å². The van der Waals surface area contributed by atoms with Gasteiger partial charge in [-0.05, 0) is 6.92 Å². The zero-order chi connectivity index (χ0) is 11.6. The summed E-state index contributed by atoms with van der Waals surface area (Å²) >= 11 is 0. The van der Waals surface area contributed by atoms with Gasteiger partial charge in [0.25, 0.3) is 0 Å². The predicted molar refractivity (Wildman–Crippen MR) is 52.6 cm³/mol. The highest BCUT2D eigenvalue weighted by atomic mass is 16.2. The van der Waals surface area contributed by atoms with Gasteiger partial charge in [-0.1, -0.05) is 0 Å². The number of Topliss-reactive ketones (excluding diaryl/α,β-unsaturated/α-hetero) is 3. The van der Waals surface area contributed by atoms with E-state index in [-0.39, 0.29) is 12.2 Å². The number of rotatable bonds is 4. The number of aryl methyl sites for hydroxylation is 2. The molecule has 1 aromatic rings. The van der Waals surface area contributed by atoms with Crippen molar-refractivity contribution in [1.29, 1.82) is 0 Å². The molecule has 15 heavy (non-hydrogen) atoms. The molecule has 0 aromatic carbocycles. The van der Waals surface area contributed by atoms with Crippen LogP contribution < -0.4 is 0 Å². The molecule has 0 aliphatic rings. The molecule has 0 amide bonds. The molecule has 0 aliphatic carbocycles. The third kappa shape index (κ3) is 2.59. The summed E-state index contributed by atoms with van der Waals surface area (Å²) in [6.07, 6.45) is 1.17. The fourth-order valence-corrected chi connectivity index (χ4v) is 1.24. The molecule has 0 aliphatic heterocycles. The summed E-state index contributed by atoms with van der Waals surface area (Å²) in [7, 11) is 1.69. The molecule has 1 rings (SSSR count). The molecule has 1 aromatic heterocycles. The second-order valence-corrected chi connectivity index (χ2v) is 3.38. The fourth-order valence-electron chi connectivity index (χ4n) is 1.24. The molecule has 1 heterocycles. The minimum Gasteiger partial charge on any atom is -0.294 e. The molecule has 0 atom stereocenters. The molecule has 0 saturated heterocycles. The maximum atomic E-state index is 11.6. The molecular formula is C10H12N2O3. The van der Waals surface area contributed by atoms with Crippen LogP contribution in [0.15, 0.2) is 6.20 Å². The Morgan fingerprint density at radius 3 is 2.40 bits per heavy atom. The van der Waals surface area contributed by atoms with Crippen LogP contribution in [-0.4, -0.2) is 27.1 Å². The zero-order valence-electron chi connectivity index (χ0n) is 8.90. The number of ketones is 3. The number of carbonyl (C=O) groups excluding carboxylic acids is 3. The first-order chi connectivity index (χ1) is 6.91. The molecule has 0 radical (unpaired) electrons. The van der Waals surface area contributed by atoms with Crippen LogP contribution in [0.3, 0.4) is 0 Å². The Balaban J connectivity index is 2.82. The van der Waals surface area contributed by atoms with Gasteiger partial charge in [-0.3, -0.25) is 19.1 Å². The van der Waals surface area contributed by atoms with Gasteiger partial charge in [-0.2, -0.15) is 5.10 Å². The van der Waals surface area contributed by atoms with Crippen molar-refractivity contribution >= 4 is 17.3 Å². The van der Waals surface area contributed by atoms with Crippen molar-refractivity contribution in [3.63, 3.8) is 0 Å². The van der Waals surface area contributed by atoms with Gasteiger partial charge in [-0.25, -0.2) is 0 Å². The number of hydrogen-bond donors (Lipinski definition) is 0. The van der Waals surface area contributed by atoms with E-state index in [9.17, 15) is 14.4 Å². The first kappa shape index (κ1) is 11.3. The highest BCUT2D eigenvalue weighted by Crippen LogP contribution is 2.08. The molecule has 80 valence electrons. The highest BCUT2D eigenvalue weighted by molar-refractivity contribution is 6.40. The smallest absolute Gasteiger partial charge is 0.205 e. The van der Waals surface area contributed by atoms with Crippen molar-refractivity contribution in [3.8, 4) is 0 Å². The average molecular weight is 208 g/mol. The maximum absolute atomic E-state index is 11.6. The van der Waals surface area contributed by atoms with Crippen molar-refractivity contribution < 1.29 is 14.4 Å². The topological polar surface area (TPSA) is 69.0 Å². The summed E-state index contributed by atoms with van der Waals surface area (Å²) < 4.78 is 1.50. The lowest BCUT2D eigenvalue weighted by Crippen LogP contribution is -2.15. The maximum Gasteiger partial charge on any atom is 0.205 e. The molecule has 0 saturated carbocycles. The van der Waals surface area contributed by atoms with E-state index in [4.69, 9.17) is 0 Å². The van der Waals surface area contributed by atoms with Gasteiger partial charge < -0.3 is 0 Å². The molecule has 0 unspecified atom stereocenters. The SMILES string of the molecule is CC(=O)C(=O)CC(=O)c1cn(C)nc1C. The molecule has 5 heteroatoms. The summed E-state index contributed by atoms with van der Waals surface area (Å²) in [5.74, 6) is -1.62. The van der Waals surface area contributed by atoms with E-state index in [1.165, 1.54) is 4.68 Å². The average Bonchev–Trinajstić information content (AvgIpc) is 2.44.